The summed E-state index contributed by atoms with van der Waals surface area (Å²) in [5.41, 5.74) is 5.35. The van der Waals surface area contributed by atoms with Crippen LogP contribution in [0.25, 0.3) is 0 Å². The third-order valence-corrected chi connectivity index (χ3v) is 4.09. The van der Waals surface area contributed by atoms with Crippen molar-refractivity contribution < 1.29 is 0 Å². The summed E-state index contributed by atoms with van der Waals surface area (Å²) in [5, 5.41) is 4.09. The predicted molar refractivity (Wildman–Crippen MR) is 89.3 cm³/mol. The first-order chi connectivity index (χ1) is 10.3. The molecule has 3 heteroatoms. The third-order valence-electron chi connectivity index (χ3n) is 3.77. The Morgan fingerprint density at radius 1 is 1.05 bits per heavy atom. The fourth-order valence-electron chi connectivity index (χ4n) is 2.74. The number of nitrogens with one attached hydrogen (secondary N) is 1. The van der Waals surface area contributed by atoms with Crippen LogP contribution in [0.3, 0.4) is 0 Å². The molecule has 21 heavy (non-hydrogen) atoms. The van der Waals surface area contributed by atoms with Gasteiger partial charge in [-0.2, -0.15) is 0 Å². The van der Waals surface area contributed by atoms with E-state index in [2.05, 4.69) is 40.7 Å². The van der Waals surface area contributed by atoms with Gasteiger partial charge in [-0.3, -0.25) is 4.99 Å². The first kappa shape index (κ1) is 12.4. The number of hydrogen-bond acceptors (Lipinski definition) is 2. The van der Waals surface area contributed by atoms with Gasteiger partial charge in [-0.05, 0) is 42.0 Å². The van der Waals surface area contributed by atoms with Crippen molar-refractivity contribution in [3.63, 3.8) is 0 Å². The first-order valence-corrected chi connectivity index (χ1v) is 7.28. The highest BCUT2D eigenvalue weighted by molar-refractivity contribution is 6.33. The molecule has 1 atom stereocenters. The lowest BCUT2D eigenvalue weighted by Crippen LogP contribution is -2.05. The zero-order valence-electron chi connectivity index (χ0n) is 11.3. The average molecular weight is 293 g/mol. The fraction of sp³-hybridized carbons (Fsp3) is 0.0556. The number of fused-ring (bicyclic) bond motifs is 3. The first-order valence-electron chi connectivity index (χ1n) is 6.90. The fourth-order valence-corrected chi connectivity index (χ4v) is 2.92. The van der Waals surface area contributed by atoms with Crippen LogP contribution in [0.5, 0.6) is 0 Å². The normalized spacial score (nSPS) is 18.1. The number of anilines is 2. The summed E-state index contributed by atoms with van der Waals surface area (Å²) in [4.78, 5) is 4.66. The van der Waals surface area contributed by atoms with E-state index in [1.807, 2.05) is 36.4 Å². The second kappa shape index (κ2) is 4.90. The molecule has 0 bridgehead atoms. The molecule has 1 N–H and O–H groups in total. The number of halogens is 1. The molecule has 0 saturated carbocycles. The van der Waals surface area contributed by atoms with E-state index < -0.39 is 0 Å². The van der Waals surface area contributed by atoms with Crippen LogP contribution in [0, 0.1) is 0 Å². The Hall–Kier alpha value is -2.32. The molecule has 1 heterocycles. The molecular formula is C18H13ClN2. The van der Waals surface area contributed by atoms with Crippen LogP contribution in [-0.2, 0) is 0 Å². The van der Waals surface area contributed by atoms with E-state index in [1.54, 1.807) is 0 Å². The summed E-state index contributed by atoms with van der Waals surface area (Å²) < 4.78 is 0. The molecule has 4 rings (SSSR count). The molecule has 0 saturated heterocycles. The molecule has 2 aliphatic rings. The third kappa shape index (κ3) is 2.18. The molecule has 1 aliphatic heterocycles. The molecule has 102 valence electrons. The number of allylic oxidation sites excluding steroid dienone is 4. The highest BCUT2D eigenvalue weighted by Gasteiger charge is 2.24. The van der Waals surface area contributed by atoms with E-state index in [-0.39, 0.29) is 5.92 Å². The van der Waals surface area contributed by atoms with Crippen molar-refractivity contribution in [3.8, 4) is 0 Å². The molecular weight excluding hydrogens is 280 g/mol. The van der Waals surface area contributed by atoms with Crippen LogP contribution in [0.15, 0.2) is 71.8 Å². The van der Waals surface area contributed by atoms with Crippen molar-refractivity contribution in [2.45, 2.75) is 5.92 Å². The van der Waals surface area contributed by atoms with Crippen molar-refractivity contribution in [2.75, 3.05) is 5.32 Å². The van der Waals surface area contributed by atoms with Crippen molar-refractivity contribution in [1.29, 1.82) is 0 Å². The Kier molecular flexibility index (Phi) is 2.90. The second-order valence-electron chi connectivity index (χ2n) is 5.14. The summed E-state index contributed by atoms with van der Waals surface area (Å²) in [6.45, 7) is 0. The largest absolute Gasteiger partial charge is 0.354 e. The van der Waals surface area contributed by atoms with E-state index in [0.717, 1.165) is 27.8 Å². The van der Waals surface area contributed by atoms with Crippen LogP contribution < -0.4 is 5.32 Å². The maximum Gasteiger partial charge on any atom is 0.0676 e. The molecule has 0 spiro atoms. The Morgan fingerprint density at radius 3 is 2.86 bits per heavy atom. The summed E-state index contributed by atoms with van der Waals surface area (Å²) in [6, 6.07) is 14.0. The highest BCUT2D eigenvalue weighted by Crippen LogP contribution is 2.40. The van der Waals surface area contributed by atoms with E-state index >= 15 is 0 Å². The Morgan fingerprint density at radius 2 is 1.95 bits per heavy atom. The SMILES string of the molecule is Clc1ccccc1Nc1ccc2c(c1)C1C=CC=CC1=N2. The van der Waals surface area contributed by atoms with Crippen molar-refractivity contribution in [1.82, 2.24) is 0 Å². The smallest absolute Gasteiger partial charge is 0.0676 e. The van der Waals surface area contributed by atoms with Crippen molar-refractivity contribution in [2.24, 2.45) is 4.99 Å². The predicted octanol–water partition coefficient (Wildman–Crippen LogP) is 5.38. The molecule has 2 aromatic carbocycles. The van der Waals surface area contributed by atoms with Gasteiger partial charge >= 0.3 is 0 Å². The second-order valence-corrected chi connectivity index (χ2v) is 5.54. The number of para-hydroxylation sites is 1. The van der Waals surface area contributed by atoms with Crippen LogP contribution in [0.1, 0.15) is 11.5 Å². The van der Waals surface area contributed by atoms with Gasteiger partial charge in [-0.1, -0.05) is 42.0 Å². The van der Waals surface area contributed by atoms with Gasteiger partial charge in [0.05, 0.1) is 22.1 Å². The monoisotopic (exact) mass is 292 g/mol. The van der Waals surface area contributed by atoms with Gasteiger partial charge in [-0.15, -0.1) is 0 Å². The topological polar surface area (TPSA) is 24.4 Å². The number of rotatable bonds is 2. The molecule has 1 aliphatic carbocycles. The zero-order valence-corrected chi connectivity index (χ0v) is 12.0. The number of nitrogens with zero attached hydrogens (tertiary/aromatic N) is 1. The lowest BCUT2D eigenvalue weighted by atomic mass is 9.92. The minimum atomic E-state index is 0.276. The zero-order chi connectivity index (χ0) is 14.2. The van der Waals surface area contributed by atoms with Crippen molar-refractivity contribution in [3.05, 3.63) is 77.4 Å². The molecule has 0 fully saturated rings. The van der Waals surface area contributed by atoms with Crippen LogP contribution in [0.4, 0.5) is 17.1 Å². The minimum absolute atomic E-state index is 0.276. The van der Waals surface area contributed by atoms with Crippen LogP contribution in [0.2, 0.25) is 5.02 Å². The maximum absolute atomic E-state index is 6.20. The summed E-state index contributed by atoms with van der Waals surface area (Å²) in [6.07, 6.45) is 8.37. The van der Waals surface area contributed by atoms with Gasteiger partial charge in [-0.25, -0.2) is 0 Å². The lowest BCUT2D eigenvalue weighted by Gasteiger charge is -2.13. The van der Waals surface area contributed by atoms with Crippen LogP contribution in [-0.4, -0.2) is 5.71 Å². The average Bonchev–Trinajstić information content (AvgIpc) is 2.88. The van der Waals surface area contributed by atoms with Crippen LogP contribution >= 0.6 is 11.6 Å². The van der Waals surface area contributed by atoms with Crippen molar-refractivity contribution >= 4 is 34.4 Å². The summed E-state index contributed by atoms with van der Waals surface area (Å²) in [5.74, 6) is 0.276. The highest BCUT2D eigenvalue weighted by atomic mass is 35.5. The van der Waals surface area contributed by atoms with E-state index in [0.29, 0.717) is 0 Å². The van der Waals surface area contributed by atoms with Gasteiger partial charge in [0.15, 0.2) is 0 Å². The standard InChI is InChI=1S/C18H13ClN2/c19-15-6-2-4-8-18(15)20-12-9-10-17-14(11-12)13-5-1-3-7-16(13)21-17/h1-11,13,20H. The Balaban J connectivity index is 1.68. The maximum atomic E-state index is 6.20. The molecule has 2 nitrogen and oxygen atoms in total. The molecule has 0 amide bonds. The number of aliphatic imine (C=N–C) groups is 1. The van der Waals surface area contributed by atoms with Gasteiger partial charge in [0.2, 0.25) is 0 Å². The molecule has 0 radical (unpaired) electrons. The molecule has 2 aromatic rings. The lowest BCUT2D eigenvalue weighted by molar-refractivity contribution is 1.18. The van der Waals surface area contributed by atoms with Gasteiger partial charge in [0.1, 0.15) is 0 Å². The number of benzene rings is 2. The minimum Gasteiger partial charge on any atom is -0.354 e. The van der Waals surface area contributed by atoms with Gasteiger partial charge < -0.3 is 5.32 Å². The summed E-state index contributed by atoms with van der Waals surface area (Å²) >= 11 is 6.20. The Labute approximate surface area is 128 Å². The molecule has 1 unspecified atom stereocenters. The van der Waals surface area contributed by atoms with Gasteiger partial charge in [0, 0.05) is 11.6 Å². The van der Waals surface area contributed by atoms with E-state index in [1.165, 1.54) is 5.56 Å². The molecule has 0 aromatic heterocycles. The van der Waals surface area contributed by atoms with E-state index in [9.17, 15) is 0 Å². The summed E-state index contributed by atoms with van der Waals surface area (Å²) in [7, 11) is 0. The quantitative estimate of drug-likeness (QED) is 0.789. The number of hydrogen-bond donors (Lipinski definition) is 1. The Bertz CT molecular complexity index is 803. The van der Waals surface area contributed by atoms with Gasteiger partial charge in [0.25, 0.3) is 0 Å². The van der Waals surface area contributed by atoms with E-state index in [4.69, 9.17) is 11.6 Å².